The van der Waals surface area contributed by atoms with Gasteiger partial charge in [0, 0.05) is 11.7 Å². The molecule has 2 N–H and O–H groups in total. The predicted molar refractivity (Wildman–Crippen MR) is 79.1 cm³/mol. The second kappa shape index (κ2) is 6.71. The van der Waals surface area contributed by atoms with E-state index in [-0.39, 0.29) is 11.9 Å². The summed E-state index contributed by atoms with van der Waals surface area (Å²) in [7, 11) is 0. The second-order valence-corrected chi connectivity index (χ2v) is 5.58. The molecule has 0 aromatic heterocycles. The first-order chi connectivity index (χ1) is 9.16. The van der Waals surface area contributed by atoms with E-state index in [1.54, 1.807) is 0 Å². The molecule has 2 rings (SSSR count). The Morgan fingerprint density at radius 1 is 1.16 bits per heavy atom. The minimum Gasteiger partial charge on any atom is -0.325 e. The fraction of sp³-hybridized carbons (Fsp3) is 0.562. The standard InChI is InChI=1S/C16H24N2O/c1-12(14-8-6-7-9-14)17-13(2)16(19)18-15-10-4-3-5-11-15/h3-5,10-14,17H,6-9H2,1-2H3,(H,18,19). The zero-order valence-electron chi connectivity index (χ0n) is 11.9. The smallest absolute Gasteiger partial charge is 0.241 e. The van der Waals surface area contributed by atoms with E-state index >= 15 is 0 Å². The molecule has 1 aromatic carbocycles. The molecule has 0 heterocycles. The highest BCUT2D eigenvalue weighted by atomic mass is 16.2. The molecule has 1 aliphatic carbocycles. The number of anilines is 1. The molecule has 0 radical (unpaired) electrons. The fourth-order valence-electron chi connectivity index (χ4n) is 2.84. The minimum absolute atomic E-state index is 0.0380. The van der Waals surface area contributed by atoms with Crippen LogP contribution >= 0.6 is 0 Å². The number of carbonyl (C=O) groups is 1. The quantitative estimate of drug-likeness (QED) is 0.853. The summed E-state index contributed by atoms with van der Waals surface area (Å²) in [5.41, 5.74) is 0.856. The number of hydrogen-bond acceptors (Lipinski definition) is 2. The van der Waals surface area contributed by atoms with Crippen molar-refractivity contribution in [2.45, 2.75) is 51.6 Å². The molecular weight excluding hydrogens is 236 g/mol. The van der Waals surface area contributed by atoms with Gasteiger partial charge in [0.2, 0.25) is 5.91 Å². The van der Waals surface area contributed by atoms with E-state index in [2.05, 4.69) is 17.6 Å². The Balaban J connectivity index is 1.81. The summed E-state index contributed by atoms with van der Waals surface area (Å²) in [6.07, 6.45) is 5.25. The molecule has 0 spiro atoms. The van der Waals surface area contributed by atoms with Gasteiger partial charge >= 0.3 is 0 Å². The Labute approximate surface area is 115 Å². The highest BCUT2D eigenvalue weighted by Gasteiger charge is 2.24. The first-order valence-electron chi connectivity index (χ1n) is 7.29. The monoisotopic (exact) mass is 260 g/mol. The van der Waals surface area contributed by atoms with E-state index in [1.165, 1.54) is 25.7 Å². The molecule has 2 atom stereocenters. The van der Waals surface area contributed by atoms with E-state index in [9.17, 15) is 4.79 Å². The zero-order chi connectivity index (χ0) is 13.7. The van der Waals surface area contributed by atoms with E-state index in [0.29, 0.717) is 6.04 Å². The molecule has 0 saturated heterocycles. The van der Waals surface area contributed by atoms with E-state index < -0.39 is 0 Å². The molecule has 0 aliphatic heterocycles. The SMILES string of the molecule is CC(NC(C)C1CCCC1)C(=O)Nc1ccccc1. The van der Waals surface area contributed by atoms with E-state index in [0.717, 1.165) is 11.6 Å². The lowest BCUT2D eigenvalue weighted by atomic mass is 9.99. The van der Waals surface area contributed by atoms with Crippen LogP contribution in [0.1, 0.15) is 39.5 Å². The topological polar surface area (TPSA) is 41.1 Å². The maximum atomic E-state index is 12.1. The van der Waals surface area contributed by atoms with Gasteiger partial charge in [-0.1, -0.05) is 31.0 Å². The van der Waals surface area contributed by atoms with Crippen molar-refractivity contribution in [2.24, 2.45) is 5.92 Å². The molecule has 1 aromatic rings. The van der Waals surface area contributed by atoms with Crippen molar-refractivity contribution in [1.82, 2.24) is 5.32 Å². The Kier molecular flexibility index (Phi) is 4.97. The third-order valence-corrected chi connectivity index (χ3v) is 4.05. The van der Waals surface area contributed by atoms with Crippen molar-refractivity contribution in [1.29, 1.82) is 0 Å². The van der Waals surface area contributed by atoms with Crippen molar-refractivity contribution in [2.75, 3.05) is 5.32 Å². The van der Waals surface area contributed by atoms with Gasteiger partial charge in [-0.3, -0.25) is 4.79 Å². The van der Waals surface area contributed by atoms with Crippen LogP contribution in [-0.4, -0.2) is 18.0 Å². The molecule has 1 saturated carbocycles. The summed E-state index contributed by atoms with van der Waals surface area (Å²) in [5, 5.41) is 6.37. The summed E-state index contributed by atoms with van der Waals surface area (Å²) in [6.45, 7) is 4.13. The molecule has 19 heavy (non-hydrogen) atoms. The van der Waals surface area contributed by atoms with Crippen molar-refractivity contribution >= 4 is 11.6 Å². The first-order valence-corrected chi connectivity index (χ1v) is 7.29. The van der Waals surface area contributed by atoms with Gasteiger partial charge < -0.3 is 10.6 Å². The molecular formula is C16H24N2O. The van der Waals surface area contributed by atoms with Crippen LogP contribution in [-0.2, 0) is 4.79 Å². The average Bonchev–Trinajstić information content (AvgIpc) is 2.93. The van der Waals surface area contributed by atoms with Crippen LogP contribution in [0.5, 0.6) is 0 Å². The maximum absolute atomic E-state index is 12.1. The molecule has 0 bridgehead atoms. The number of carbonyl (C=O) groups excluding carboxylic acids is 1. The molecule has 1 amide bonds. The third kappa shape index (κ3) is 4.06. The summed E-state index contributed by atoms with van der Waals surface area (Å²) >= 11 is 0. The number of nitrogens with one attached hydrogen (secondary N) is 2. The van der Waals surface area contributed by atoms with E-state index in [1.807, 2.05) is 37.3 Å². The van der Waals surface area contributed by atoms with Gasteiger partial charge in [-0.2, -0.15) is 0 Å². The summed E-state index contributed by atoms with van der Waals surface area (Å²) in [5.74, 6) is 0.767. The number of amides is 1. The van der Waals surface area contributed by atoms with Crippen molar-refractivity contribution in [3.05, 3.63) is 30.3 Å². The summed E-state index contributed by atoms with van der Waals surface area (Å²) < 4.78 is 0. The summed E-state index contributed by atoms with van der Waals surface area (Å²) in [6, 6.07) is 9.87. The van der Waals surface area contributed by atoms with Crippen LogP contribution in [0.3, 0.4) is 0 Å². The van der Waals surface area contributed by atoms with Crippen molar-refractivity contribution < 1.29 is 4.79 Å². The number of benzene rings is 1. The Bertz CT molecular complexity index is 398. The van der Waals surface area contributed by atoms with Gasteiger partial charge in [0.25, 0.3) is 0 Å². The van der Waals surface area contributed by atoms with Gasteiger partial charge in [0.1, 0.15) is 0 Å². The highest BCUT2D eigenvalue weighted by molar-refractivity contribution is 5.94. The van der Waals surface area contributed by atoms with Crippen LogP contribution in [0.2, 0.25) is 0 Å². The van der Waals surface area contributed by atoms with E-state index in [4.69, 9.17) is 0 Å². The Morgan fingerprint density at radius 2 is 1.79 bits per heavy atom. The second-order valence-electron chi connectivity index (χ2n) is 5.58. The summed E-state index contributed by atoms with van der Waals surface area (Å²) in [4.78, 5) is 12.1. The normalized spacial score (nSPS) is 19.1. The number of rotatable bonds is 5. The lowest BCUT2D eigenvalue weighted by Gasteiger charge is -2.24. The molecule has 1 fully saturated rings. The van der Waals surface area contributed by atoms with Crippen molar-refractivity contribution in [3.63, 3.8) is 0 Å². The number of hydrogen-bond donors (Lipinski definition) is 2. The highest BCUT2D eigenvalue weighted by Crippen LogP contribution is 2.27. The van der Waals surface area contributed by atoms with Crippen molar-refractivity contribution in [3.8, 4) is 0 Å². The molecule has 1 aliphatic rings. The van der Waals surface area contributed by atoms with Gasteiger partial charge in [-0.15, -0.1) is 0 Å². The Morgan fingerprint density at radius 3 is 2.42 bits per heavy atom. The molecule has 3 nitrogen and oxygen atoms in total. The molecule has 2 unspecified atom stereocenters. The lowest BCUT2D eigenvalue weighted by molar-refractivity contribution is -0.118. The fourth-order valence-corrected chi connectivity index (χ4v) is 2.84. The van der Waals surface area contributed by atoms with Gasteiger partial charge in [-0.05, 0) is 44.7 Å². The average molecular weight is 260 g/mol. The number of para-hydroxylation sites is 1. The zero-order valence-corrected chi connectivity index (χ0v) is 11.9. The van der Waals surface area contributed by atoms with Crippen LogP contribution in [0, 0.1) is 5.92 Å². The van der Waals surface area contributed by atoms with Crippen LogP contribution in [0.25, 0.3) is 0 Å². The van der Waals surface area contributed by atoms with Gasteiger partial charge in [0.05, 0.1) is 6.04 Å². The van der Waals surface area contributed by atoms with Gasteiger partial charge in [-0.25, -0.2) is 0 Å². The molecule has 104 valence electrons. The molecule has 3 heteroatoms. The predicted octanol–water partition coefficient (Wildman–Crippen LogP) is 3.18. The maximum Gasteiger partial charge on any atom is 0.241 e. The minimum atomic E-state index is -0.157. The van der Waals surface area contributed by atoms with Crippen LogP contribution in [0.4, 0.5) is 5.69 Å². The largest absolute Gasteiger partial charge is 0.325 e. The lowest BCUT2D eigenvalue weighted by Crippen LogP contribution is -2.45. The first kappa shape index (κ1) is 14.1. The Hall–Kier alpha value is -1.35. The third-order valence-electron chi connectivity index (χ3n) is 4.05. The van der Waals surface area contributed by atoms with Crippen LogP contribution < -0.4 is 10.6 Å². The van der Waals surface area contributed by atoms with Crippen LogP contribution in [0.15, 0.2) is 30.3 Å². The van der Waals surface area contributed by atoms with Gasteiger partial charge in [0.15, 0.2) is 0 Å².